The quantitative estimate of drug-likeness (QED) is 0.528. The molecule has 1 heterocycles. The van der Waals surface area contributed by atoms with E-state index in [0.29, 0.717) is 22.9 Å². The van der Waals surface area contributed by atoms with Gasteiger partial charge in [0.25, 0.3) is 5.91 Å². The van der Waals surface area contributed by atoms with Gasteiger partial charge in [-0.1, -0.05) is 48.5 Å². The first kappa shape index (κ1) is 22.1. The molecular formula is C27H26N2O4. The van der Waals surface area contributed by atoms with Gasteiger partial charge < -0.3 is 14.8 Å². The topological polar surface area (TPSA) is 67.9 Å². The Balaban J connectivity index is 1.78. The minimum Gasteiger partial charge on any atom is -0.497 e. The fraction of sp³-hybridized carbons (Fsp3) is 0.185. The van der Waals surface area contributed by atoms with Gasteiger partial charge in [0.05, 0.1) is 20.6 Å². The molecule has 0 aromatic heterocycles. The summed E-state index contributed by atoms with van der Waals surface area (Å²) >= 11 is 0. The Bertz CT molecular complexity index is 1210. The Morgan fingerprint density at radius 2 is 1.61 bits per heavy atom. The highest BCUT2D eigenvalue weighted by molar-refractivity contribution is 6.19. The van der Waals surface area contributed by atoms with Crippen molar-refractivity contribution in [2.75, 3.05) is 24.4 Å². The SMILES string of the molecule is COc1cccc(NC(=O)C2(C(C)=Cc3ccccc3)CC(=O)N2c2cccc(OC)c2)c1. The fourth-order valence-corrected chi connectivity index (χ4v) is 4.14. The summed E-state index contributed by atoms with van der Waals surface area (Å²) in [6, 6.07) is 24.1. The average Bonchev–Trinajstić information content (AvgIpc) is 2.83. The van der Waals surface area contributed by atoms with Crippen molar-refractivity contribution in [1.29, 1.82) is 0 Å². The van der Waals surface area contributed by atoms with Gasteiger partial charge in [-0.25, -0.2) is 0 Å². The predicted octanol–water partition coefficient (Wildman–Crippen LogP) is 4.92. The van der Waals surface area contributed by atoms with Crippen LogP contribution in [0.25, 0.3) is 6.08 Å². The van der Waals surface area contributed by atoms with Crippen LogP contribution in [-0.2, 0) is 9.59 Å². The first-order valence-electron chi connectivity index (χ1n) is 10.6. The summed E-state index contributed by atoms with van der Waals surface area (Å²) in [5.74, 6) is 0.819. The maximum Gasteiger partial charge on any atom is 0.255 e. The molecule has 4 rings (SSSR count). The van der Waals surface area contributed by atoms with Gasteiger partial charge in [0.2, 0.25) is 5.91 Å². The van der Waals surface area contributed by atoms with E-state index in [1.807, 2.05) is 49.4 Å². The van der Waals surface area contributed by atoms with Crippen molar-refractivity contribution in [2.24, 2.45) is 0 Å². The van der Waals surface area contributed by atoms with Gasteiger partial charge in [-0.05, 0) is 42.3 Å². The highest BCUT2D eigenvalue weighted by Gasteiger charge is 2.58. The number of methoxy groups -OCH3 is 2. The number of benzene rings is 3. The zero-order chi connectivity index (χ0) is 23.4. The van der Waals surface area contributed by atoms with Gasteiger partial charge in [0.15, 0.2) is 5.54 Å². The minimum absolute atomic E-state index is 0.0647. The summed E-state index contributed by atoms with van der Waals surface area (Å²) in [5, 5.41) is 2.99. The Morgan fingerprint density at radius 1 is 0.939 bits per heavy atom. The van der Waals surface area contributed by atoms with E-state index < -0.39 is 5.54 Å². The van der Waals surface area contributed by atoms with Crippen molar-refractivity contribution >= 4 is 29.3 Å². The van der Waals surface area contributed by atoms with Crippen LogP contribution < -0.4 is 19.7 Å². The monoisotopic (exact) mass is 442 g/mol. The summed E-state index contributed by atoms with van der Waals surface area (Å²) in [6.07, 6.45) is 2.01. The highest BCUT2D eigenvalue weighted by atomic mass is 16.5. The molecule has 6 heteroatoms. The standard InChI is InChI=1S/C27H26N2O4/c1-19(15-20-9-5-4-6-10-20)27(26(31)28-21-11-7-13-23(16-21)32-2)18-25(30)29(27)22-12-8-14-24(17-22)33-3/h4-17H,18H2,1-3H3,(H,28,31). The Hall–Kier alpha value is -4.06. The number of anilines is 2. The first-order chi connectivity index (χ1) is 16.0. The van der Waals surface area contributed by atoms with Crippen molar-refractivity contribution < 1.29 is 19.1 Å². The molecule has 6 nitrogen and oxygen atoms in total. The third-order valence-corrected chi connectivity index (χ3v) is 5.89. The molecule has 0 radical (unpaired) electrons. The maximum absolute atomic E-state index is 13.8. The van der Waals surface area contributed by atoms with E-state index in [-0.39, 0.29) is 18.2 Å². The van der Waals surface area contributed by atoms with Crippen LogP contribution in [0.3, 0.4) is 0 Å². The molecule has 0 spiro atoms. The third-order valence-electron chi connectivity index (χ3n) is 5.89. The highest BCUT2D eigenvalue weighted by Crippen LogP contribution is 2.44. The van der Waals surface area contributed by atoms with Crippen molar-refractivity contribution in [3.8, 4) is 11.5 Å². The number of carbonyl (C=O) groups excluding carboxylic acids is 2. The number of nitrogens with zero attached hydrogens (tertiary/aromatic N) is 1. The van der Waals surface area contributed by atoms with Crippen LogP contribution >= 0.6 is 0 Å². The molecule has 33 heavy (non-hydrogen) atoms. The third kappa shape index (κ3) is 4.20. The summed E-state index contributed by atoms with van der Waals surface area (Å²) in [7, 11) is 3.14. The molecule has 1 unspecified atom stereocenters. The molecule has 3 aromatic rings. The Kier molecular flexibility index (Phi) is 6.18. The molecule has 0 bridgehead atoms. The molecule has 1 saturated heterocycles. The molecule has 2 amide bonds. The molecule has 1 aliphatic rings. The van der Waals surface area contributed by atoms with Crippen LogP contribution in [0.1, 0.15) is 18.9 Å². The van der Waals surface area contributed by atoms with Gasteiger partial charge in [0, 0.05) is 23.5 Å². The molecular weight excluding hydrogens is 416 g/mol. The van der Waals surface area contributed by atoms with Crippen LogP contribution in [0.5, 0.6) is 11.5 Å². The lowest BCUT2D eigenvalue weighted by Gasteiger charge is -2.51. The second-order valence-electron chi connectivity index (χ2n) is 7.89. The molecule has 1 aliphatic heterocycles. The lowest BCUT2D eigenvalue weighted by atomic mass is 9.75. The zero-order valence-corrected chi connectivity index (χ0v) is 18.9. The van der Waals surface area contributed by atoms with Gasteiger partial charge in [-0.15, -0.1) is 0 Å². The number of nitrogens with one attached hydrogen (secondary N) is 1. The van der Waals surface area contributed by atoms with Crippen molar-refractivity contribution in [2.45, 2.75) is 18.9 Å². The van der Waals surface area contributed by atoms with E-state index in [4.69, 9.17) is 9.47 Å². The second-order valence-corrected chi connectivity index (χ2v) is 7.89. The number of rotatable bonds is 7. The number of ether oxygens (including phenoxy) is 2. The summed E-state index contributed by atoms with van der Waals surface area (Å²) in [5.41, 5.74) is 1.73. The zero-order valence-electron chi connectivity index (χ0n) is 18.9. The normalized spacial score (nSPS) is 17.8. The van der Waals surface area contributed by atoms with Crippen LogP contribution in [-0.4, -0.2) is 31.6 Å². The molecule has 1 fully saturated rings. The van der Waals surface area contributed by atoms with Crippen LogP contribution in [0.15, 0.2) is 84.4 Å². The van der Waals surface area contributed by atoms with E-state index in [2.05, 4.69) is 5.32 Å². The number of hydrogen-bond donors (Lipinski definition) is 1. The van der Waals surface area contributed by atoms with E-state index in [9.17, 15) is 9.59 Å². The second kappa shape index (κ2) is 9.20. The summed E-state index contributed by atoms with van der Waals surface area (Å²) < 4.78 is 10.6. The fourth-order valence-electron chi connectivity index (χ4n) is 4.14. The number of carbonyl (C=O) groups is 2. The largest absolute Gasteiger partial charge is 0.497 e. The molecule has 0 saturated carbocycles. The number of β-lactam (4-membered cyclic amide) rings is 1. The van der Waals surface area contributed by atoms with E-state index in [1.54, 1.807) is 61.6 Å². The average molecular weight is 443 g/mol. The molecule has 168 valence electrons. The Labute approximate surface area is 193 Å². The van der Waals surface area contributed by atoms with E-state index >= 15 is 0 Å². The van der Waals surface area contributed by atoms with Crippen LogP contribution in [0.4, 0.5) is 11.4 Å². The summed E-state index contributed by atoms with van der Waals surface area (Å²) in [4.78, 5) is 28.3. The summed E-state index contributed by atoms with van der Waals surface area (Å²) in [6.45, 7) is 1.89. The van der Waals surface area contributed by atoms with Crippen LogP contribution in [0.2, 0.25) is 0 Å². The lowest BCUT2D eigenvalue weighted by Crippen LogP contribution is -2.70. The molecule has 0 aliphatic carbocycles. The van der Waals surface area contributed by atoms with Gasteiger partial charge in [-0.3, -0.25) is 14.5 Å². The van der Waals surface area contributed by atoms with Gasteiger partial charge in [-0.2, -0.15) is 0 Å². The molecule has 1 N–H and O–H groups in total. The molecule has 1 atom stereocenters. The van der Waals surface area contributed by atoms with Gasteiger partial charge >= 0.3 is 0 Å². The van der Waals surface area contributed by atoms with Crippen molar-refractivity contribution in [1.82, 2.24) is 0 Å². The van der Waals surface area contributed by atoms with E-state index in [0.717, 1.165) is 11.1 Å². The smallest absolute Gasteiger partial charge is 0.255 e. The van der Waals surface area contributed by atoms with Crippen LogP contribution in [0, 0.1) is 0 Å². The minimum atomic E-state index is -1.18. The lowest BCUT2D eigenvalue weighted by molar-refractivity contribution is -0.135. The maximum atomic E-state index is 13.8. The predicted molar refractivity (Wildman–Crippen MR) is 130 cm³/mol. The number of hydrogen-bond acceptors (Lipinski definition) is 4. The number of amides is 2. The van der Waals surface area contributed by atoms with Crippen molar-refractivity contribution in [3.05, 3.63) is 90.0 Å². The molecule has 3 aromatic carbocycles. The van der Waals surface area contributed by atoms with Gasteiger partial charge in [0.1, 0.15) is 11.5 Å². The Morgan fingerprint density at radius 3 is 2.27 bits per heavy atom. The van der Waals surface area contributed by atoms with E-state index in [1.165, 1.54) is 0 Å². The van der Waals surface area contributed by atoms with Crippen molar-refractivity contribution in [3.63, 3.8) is 0 Å². The first-order valence-corrected chi connectivity index (χ1v) is 10.6.